The van der Waals surface area contributed by atoms with Crippen molar-refractivity contribution in [1.29, 1.82) is 0 Å². The van der Waals surface area contributed by atoms with Crippen LogP contribution >= 0.6 is 11.8 Å². The molecule has 118 valence electrons. The van der Waals surface area contributed by atoms with Gasteiger partial charge in [0.1, 0.15) is 0 Å². The number of hydrogen-bond acceptors (Lipinski definition) is 4. The maximum Gasteiger partial charge on any atom is 0.387 e. The van der Waals surface area contributed by atoms with E-state index in [-0.39, 0.29) is 17.3 Å². The summed E-state index contributed by atoms with van der Waals surface area (Å²) in [6.07, 6.45) is 1.71. The highest BCUT2D eigenvalue weighted by Gasteiger charge is 2.25. The van der Waals surface area contributed by atoms with Crippen molar-refractivity contribution in [2.24, 2.45) is 0 Å². The molecule has 0 fully saturated rings. The summed E-state index contributed by atoms with van der Waals surface area (Å²) in [6, 6.07) is 11.9. The fraction of sp³-hybridized carbons (Fsp3) is 0.118. The molecule has 1 heterocycles. The molecule has 0 amide bonds. The molecule has 2 aromatic rings. The van der Waals surface area contributed by atoms with Crippen molar-refractivity contribution in [3.05, 3.63) is 58.5 Å². The first-order valence-corrected chi connectivity index (χ1v) is 7.56. The number of allylic oxidation sites excluding steroid dienone is 1. The lowest BCUT2D eigenvalue weighted by Gasteiger charge is -2.10. The Morgan fingerprint density at radius 3 is 2.61 bits per heavy atom. The molecule has 0 atom stereocenters. The number of benzene rings is 2. The predicted molar refractivity (Wildman–Crippen MR) is 84.2 cm³/mol. The van der Waals surface area contributed by atoms with Crippen LogP contribution in [0.25, 0.3) is 6.08 Å². The Hall–Kier alpha value is -2.34. The van der Waals surface area contributed by atoms with Crippen molar-refractivity contribution in [2.45, 2.75) is 11.5 Å². The van der Waals surface area contributed by atoms with Gasteiger partial charge in [-0.05, 0) is 35.9 Å². The Labute approximate surface area is 135 Å². The van der Waals surface area contributed by atoms with Crippen LogP contribution in [-0.4, -0.2) is 19.5 Å². The van der Waals surface area contributed by atoms with Gasteiger partial charge >= 0.3 is 6.61 Å². The van der Waals surface area contributed by atoms with E-state index in [0.717, 1.165) is 4.90 Å². The molecule has 3 rings (SSSR count). The lowest BCUT2D eigenvalue weighted by molar-refractivity contribution is -0.0512. The Bertz CT molecular complexity index is 787. The van der Waals surface area contributed by atoms with Gasteiger partial charge in [-0.3, -0.25) is 4.79 Å². The minimum Gasteiger partial charge on any atom is -0.493 e. The number of rotatable bonds is 4. The van der Waals surface area contributed by atoms with Gasteiger partial charge in [0.25, 0.3) is 0 Å². The van der Waals surface area contributed by atoms with E-state index in [4.69, 9.17) is 4.74 Å². The lowest BCUT2D eigenvalue weighted by Crippen LogP contribution is -2.03. The van der Waals surface area contributed by atoms with E-state index >= 15 is 0 Å². The van der Waals surface area contributed by atoms with Crippen LogP contribution in [0.1, 0.15) is 15.9 Å². The third-order valence-electron chi connectivity index (χ3n) is 3.28. The maximum absolute atomic E-state index is 12.3. The summed E-state index contributed by atoms with van der Waals surface area (Å²) >= 11 is 1.39. The van der Waals surface area contributed by atoms with Gasteiger partial charge in [0.05, 0.1) is 12.0 Å². The molecule has 1 aliphatic heterocycles. The highest BCUT2D eigenvalue weighted by Crippen LogP contribution is 2.41. The zero-order valence-corrected chi connectivity index (χ0v) is 12.9. The Balaban J connectivity index is 1.90. The molecular weight excluding hydrogens is 322 g/mol. The van der Waals surface area contributed by atoms with E-state index in [1.807, 2.05) is 18.2 Å². The molecule has 3 nitrogen and oxygen atoms in total. The molecule has 0 radical (unpaired) electrons. The summed E-state index contributed by atoms with van der Waals surface area (Å²) in [7, 11) is 1.37. The molecule has 23 heavy (non-hydrogen) atoms. The first kappa shape index (κ1) is 15.6. The van der Waals surface area contributed by atoms with Gasteiger partial charge in [0.15, 0.2) is 11.5 Å². The Morgan fingerprint density at radius 1 is 1.13 bits per heavy atom. The molecule has 0 unspecified atom stereocenters. The third-order valence-corrected chi connectivity index (χ3v) is 4.38. The predicted octanol–water partition coefficient (Wildman–Crippen LogP) is 4.63. The van der Waals surface area contributed by atoms with Gasteiger partial charge in [-0.2, -0.15) is 8.78 Å². The normalized spacial score (nSPS) is 15.1. The maximum atomic E-state index is 12.3. The average molecular weight is 334 g/mol. The topological polar surface area (TPSA) is 35.5 Å². The highest BCUT2D eigenvalue weighted by atomic mass is 32.2. The van der Waals surface area contributed by atoms with Crippen LogP contribution in [0, 0.1) is 0 Å². The molecular formula is C17H12F2O3S. The summed E-state index contributed by atoms with van der Waals surface area (Å²) in [6.45, 7) is -2.92. The van der Waals surface area contributed by atoms with Crippen LogP contribution in [0.5, 0.6) is 11.5 Å². The molecule has 2 aromatic carbocycles. The van der Waals surface area contributed by atoms with Gasteiger partial charge in [0, 0.05) is 10.5 Å². The zero-order valence-electron chi connectivity index (χ0n) is 12.1. The van der Waals surface area contributed by atoms with Crippen LogP contribution in [-0.2, 0) is 0 Å². The number of carbonyl (C=O) groups excluding carboxylic acids is 1. The van der Waals surface area contributed by atoms with Gasteiger partial charge < -0.3 is 9.47 Å². The van der Waals surface area contributed by atoms with Gasteiger partial charge in [-0.1, -0.05) is 30.0 Å². The van der Waals surface area contributed by atoms with Crippen LogP contribution in [0.4, 0.5) is 8.78 Å². The van der Waals surface area contributed by atoms with Crippen LogP contribution < -0.4 is 9.47 Å². The third kappa shape index (κ3) is 3.22. The Morgan fingerprint density at radius 2 is 1.91 bits per heavy atom. The first-order chi connectivity index (χ1) is 11.1. The summed E-state index contributed by atoms with van der Waals surface area (Å²) < 4.78 is 34.1. The number of ether oxygens (including phenoxy) is 2. The second-order valence-corrected chi connectivity index (χ2v) is 5.81. The largest absolute Gasteiger partial charge is 0.493 e. The highest BCUT2D eigenvalue weighted by molar-refractivity contribution is 8.04. The number of halogens is 2. The zero-order chi connectivity index (χ0) is 16.4. The van der Waals surface area contributed by atoms with Crippen molar-refractivity contribution >= 4 is 23.6 Å². The van der Waals surface area contributed by atoms with Crippen LogP contribution in [0.15, 0.2) is 52.3 Å². The number of methoxy groups -OCH3 is 1. The molecule has 1 aliphatic rings. The van der Waals surface area contributed by atoms with E-state index in [0.29, 0.717) is 16.0 Å². The number of thioether (sulfide) groups is 1. The minimum absolute atomic E-state index is 0.0432. The number of carbonyl (C=O) groups is 1. The van der Waals surface area contributed by atoms with Crippen molar-refractivity contribution < 1.29 is 23.0 Å². The van der Waals surface area contributed by atoms with Crippen molar-refractivity contribution in [2.75, 3.05) is 7.11 Å². The van der Waals surface area contributed by atoms with Crippen molar-refractivity contribution in [3.8, 4) is 11.5 Å². The fourth-order valence-corrected chi connectivity index (χ4v) is 3.31. The van der Waals surface area contributed by atoms with Crippen LogP contribution in [0.3, 0.4) is 0 Å². The fourth-order valence-electron chi connectivity index (χ4n) is 2.25. The number of fused-ring (bicyclic) bond motifs is 1. The molecule has 0 saturated heterocycles. The molecule has 0 spiro atoms. The van der Waals surface area contributed by atoms with Gasteiger partial charge in [-0.25, -0.2) is 0 Å². The number of ketones is 1. The molecule has 0 saturated carbocycles. The molecule has 0 aliphatic carbocycles. The summed E-state index contributed by atoms with van der Waals surface area (Å²) in [5.74, 6) is 0.100. The number of alkyl halides is 2. The molecule has 0 bridgehead atoms. The van der Waals surface area contributed by atoms with Crippen molar-refractivity contribution in [1.82, 2.24) is 0 Å². The van der Waals surface area contributed by atoms with Crippen molar-refractivity contribution in [3.63, 3.8) is 0 Å². The van der Waals surface area contributed by atoms with E-state index in [2.05, 4.69) is 4.74 Å². The first-order valence-electron chi connectivity index (χ1n) is 6.74. The van der Waals surface area contributed by atoms with Gasteiger partial charge in [-0.15, -0.1) is 0 Å². The van der Waals surface area contributed by atoms with Crippen LogP contribution in [0.2, 0.25) is 0 Å². The second kappa shape index (κ2) is 6.42. The standard InChI is InChI=1S/C17H12F2O3S/c1-21-13-8-10(6-7-12(13)22-17(18)19)9-15-16(20)11-4-2-3-5-14(11)23-15/h2-9,17H,1H3. The monoisotopic (exact) mass is 334 g/mol. The van der Waals surface area contributed by atoms with E-state index < -0.39 is 6.61 Å². The summed E-state index contributed by atoms with van der Waals surface area (Å²) in [5.41, 5.74) is 1.35. The number of hydrogen-bond donors (Lipinski definition) is 0. The quantitative estimate of drug-likeness (QED) is 0.764. The minimum atomic E-state index is -2.92. The summed E-state index contributed by atoms with van der Waals surface area (Å²) in [4.78, 5) is 13.8. The SMILES string of the molecule is COc1cc(C=C2Sc3ccccc3C2=O)ccc1OC(F)F. The average Bonchev–Trinajstić information content (AvgIpc) is 2.85. The van der Waals surface area contributed by atoms with E-state index in [9.17, 15) is 13.6 Å². The van der Waals surface area contributed by atoms with Gasteiger partial charge in [0.2, 0.25) is 5.78 Å². The van der Waals surface area contributed by atoms with E-state index in [1.165, 1.54) is 24.9 Å². The smallest absolute Gasteiger partial charge is 0.387 e. The summed E-state index contributed by atoms with van der Waals surface area (Å²) in [5, 5.41) is 0. The number of Topliss-reactive ketones (excluding diaryl/α,β-unsaturated/α-hetero) is 1. The van der Waals surface area contributed by atoms with E-state index in [1.54, 1.807) is 24.3 Å². The molecule has 0 aromatic heterocycles. The molecule has 6 heteroatoms. The molecule has 0 N–H and O–H groups in total. The Kier molecular flexibility index (Phi) is 4.34. The lowest BCUT2D eigenvalue weighted by atomic mass is 10.1. The second-order valence-electron chi connectivity index (χ2n) is 4.72.